The fourth-order valence-electron chi connectivity index (χ4n) is 1.26. The quantitative estimate of drug-likeness (QED) is 0.849. The van der Waals surface area contributed by atoms with Crippen molar-refractivity contribution in [3.63, 3.8) is 0 Å². The molecule has 2 rings (SSSR count). The van der Waals surface area contributed by atoms with E-state index in [2.05, 4.69) is 31.2 Å². The maximum atomic E-state index is 13.1. The Morgan fingerprint density at radius 2 is 2.17 bits per heavy atom. The topological polar surface area (TPSA) is 63.8 Å². The third kappa shape index (κ3) is 2.99. The number of nitrogens with two attached hydrogens (primary N) is 1. The van der Waals surface area contributed by atoms with Crippen LogP contribution in [-0.4, -0.2) is 15.0 Å². The van der Waals surface area contributed by atoms with Gasteiger partial charge in [0.05, 0.1) is 4.47 Å². The molecule has 92 valence electrons. The SMILES string of the molecule is NC(=S)c1ccnc(Nc2ccc(F)c(Br)c2)n1. The van der Waals surface area contributed by atoms with Crippen molar-refractivity contribution in [2.45, 2.75) is 0 Å². The molecule has 0 bridgehead atoms. The van der Waals surface area contributed by atoms with Gasteiger partial charge in [0.1, 0.15) is 16.5 Å². The lowest BCUT2D eigenvalue weighted by Gasteiger charge is -2.06. The molecule has 7 heteroatoms. The molecule has 1 heterocycles. The molecular weight excluding hydrogens is 319 g/mol. The van der Waals surface area contributed by atoms with Gasteiger partial charge in [0.25, 0.3) is 0 Å². The number of anilines is 2. The van der Waals surface area contributed by atoms with Crippen molar-refractivity contribution in [3.8, 4) is 0 Å². The van der Waals surface area contributed by atoms with E-state index in [4.69, 9.17) is 18.0 Å². The zero-order valence-corrected chi connectivity index (χ0v) is 11.4. The normalized spacial score (nSPS) is 10.1. The Morgan fingerprint density at radius 3 is 2.83 bits per heavy atom. The molecule has 0 atom stereocenters. The van der Waals surface area contributed by atoms with Crippen LogP contribution in [0, 0.1) is 5.82 Å². The van der Waals surface area contributed by atoms with Crippen molar-refractivity contribution >= 4 is 44.8 Å². The summed E-state index contributed by atoms with van der Waals surface area (Å²) < 4.78 is 13.4. The van der Waals surface area contributed by atoms with Crippen LogP contribution in [0.3, 0.4) is 0 Å². The van der Waals surface area contributed by atoms with Crippen LogP contribution in [0.4, 0.5) is 16.0 Å². The highest BCUT2D eigenvalue weighted by Crippen LogP contribution is 2.21. The van der Waals surface area contributed by atoms with Gasteiger partial charge in [0.15, 0.2) is 0 Å². The smallest absolute Gasteiger partial charge is 0.227 e. The Bertz CT molecular complexity index is 605. The number of nitrogens with zero attached hydrogens (tertiary/aromatic N) is 2. The van der Waals surface area contributed by atoms with Gasteiger partial charge in [-0.05, 0) is 40.2 Å². The van der Waals surface area contributed by atoms with Gasteiger partial charge in [0, 0.05) is 11.9 Å². The molecule has 0 saturated heterocycles. The van der Waals surface area contributed by atoms with Crippen LogP contribution in [-0.2, 0) is 0 Å². The zero-order chi connectivity index (χ0) is 13.1. The average Bonchev–Trinajstić information content (AvgIpc) is 2.34. The second-order valence-corrected chi connectivity index (χ2v) is 4.68. The third-order valence-electron chi connectivity index (χ3n) is 2.08. The first-order valence-electron chi connectivity index (χ1n) is 4.91. The molecule has 0 amide bonds. The highest BCUT2D eigenvalue weighted by molar-refractivity contribution is 9.10. The van der Waals surface area contributed by atoms with Crippen molar-refractivity contribution < 1.29 is 4.39 Å². The number of thiocarbonyl (C=S) groups is 1. The highest BCUT2D eigenvalue weighted by atomic mass is 79.9. The summed E-state index contributed by atoms with van der Waals surface area (Å²) in [5.74, 6) is 0.0113. The fourth-order valence-corrected chi connectivity index (χ4v) is 1.75. The van der Waals surface area contributed by atoms with Crippen LogP contribution in [0.15, 0.2) is 34.9 Å². The fraction of sp³-hybridized carbons (Fsp3) is 0. The number of benzene rings is 1. The number of aromatic nitrogens is 2. The zero-order valence-electron chi connectivity index (χ0n) is 9.02. The van der Waals surface area contributed by atoms with Crippen molar-refractivity contribution in [3.05, 3.63) is 46.4 Å². The minimum absolute atomic E-state index is 0.195. The molecule has 0 aliphatic rings. The molecule has 3 N–H and O–H groups in total. The lowest BCUT2D eigenvalue weighted by molar-refractivity contribution is 0.621. The standard InChI is InChI=1S/C11H8BrFN4S/c12-7-5-6(1-2-8(7)13)16-11-15-4-3-9(17-11)10(14)18/h1-5H,(H2,14,18)(H,15,16,17). The predicted octanol–water partition coefficient (Wildman–Crippen LogP) is 2.76. The molecule has 1 aromatic carbocycles. The molecular formula is C11H8BrFN4S. The Hall–Kier alpha value is -1.60. The van der Waals surface area contributed by atoms with Gasteiger partial charge in [-0.15, -0.1) is 0 Å². The van der Waals surface area contributed by atoms with E-state index < -0.39 is 0 Å². The number of halogens is 2. The maximum absolute atomic E-state index is 13.1. The van der Waals surface area contributed by atoms with E-state index in [-0.39, 0.29) is 10.8 Å². The highest BCUT2D eigenvalue weighted by Gasteiger charge is 2.04. The van der Waals surface area contributed by atoms with Crippen molar-refractivity contribution in [1.82, 2.24) is 9.97 Å². The van der Waals surface area contributed by atoms with Gasteiger partial charge in [-0.25, -0.2) is 14.4 Å². The lowest BCUT2D eigenvalue weighted by atomic mass is 10.3. The molecule has 0 saturated carbocycles. The average molecular weight is 327 g/mol. The van der Waals surface area contributed by atoms with Gasteiger partial charge in [-0.1, -0.05) is 12.2 Å². The monoisotopic (exact) mass is 326 g/mol. The van der Waals surface area contributed by atoms with Gasteiger partial charge < -0.3 is 11.1 Å². The summed E-state index contributed by atoms with van der Waals surface area (Å²) in [6.07, 6.45) is 1.54. The van der Waals surface area contributed by atoms with Crippen LogP contribution in [0.1, 0.15) is 5.69 Å². The summed E-state index contributed by atoms with van der Waals surface area (Å²) in [7, 11) is 0. The third-order valence-corrected chi connectivity index (χ3v) is 2.90. The van der Waals surface area contributed by atoms with Gasteiger partial charge in [0.2, 0.25) is 5.95 Å². The first-order valence-corrected chi connectivity index (χ1v) is 6.11. The van der Waals surface area contributed by atoms with E-state index in [9.17, 15) is 4.39 Å². The summed E-state index contributed by atoms with van der Waals surface area (Å²) in [5, 5.41) is 2.93. The Balaban J connectivity index is 2.25. The second kappa shape index (κ2) is 5.36. The Morgan fingerprint density at radius 1 is 1.39 bits per heavy atom. The van der Waals surface area contributed by atoms with Crippen LogP contribution < -0.4 is 11.1 Å². The second-order valence-electron chi connectivity index (χ2n) is 3.38. The molecule has 0 spiro atoms. The minimum Gasteiger partial charge on any atom is -0.388 e. The summed E-state index contributed by atoms with van der Waals surface area (Å²) in [4.78, 5) is 8.34. The van der Waals surface area contributed by atoms with Crippen molar-refractivity contribution in [2.75, 3.05) is 5.32 Å². The van der Waals surface area contributed by atoms with E-state index in [0.29, 0.717) is 21.8 Å². The van der Waals surface area contributed by atoms with E-state index in [0.717, 1.165) is 0 Å². The number of hydrogen-bond donors (Lipinski definition) is 2. The molecule has 0 aliphatic carbocycles. The molecule has 2 aromatic rings. The summed E-state index contributed by atoms with van der Waals surface area (Å²) in [5.41, 5.74) is 6.61. The van der Waals surface area contributed by atoms with E-state index >= 15 is 0 Å². The number of nitrogens with one attached hydrogen (secondary N) is 1. The maximum Gasteiger partial charge on any atom is 0.227 e. The largest absolute Gasteiger partial charge is 0.388 e. The Labute approximate surface area is 117 Å². The number of rotatable bonds is 3. The summed E-state index contributed by atoms with van der Waals surface area (Å²) in [6, 6.07) is 6.13. The summed E-state index contributed by atoms with van der Waals surface area (Å²) >= 11 is 7.93. The van der Waals surface area contributed by atoms with E-state index in [1.165, 1.54) is 6.07 Å². The molecule has 0 fully saturated rings. The van der Waals surface area contributed by atoms with Crippen molar-refractivity contribution in [1.29, 1.82) is 0 Å². The van der Waals surface area contributed by atoms with Crippen LogP contribution in [0.5, 0.6) is 0 Å². The van der Waals surface area contributed by atoms with E-state index in [1.807, 2.05) is 0 Å². The molecule has 1 aromatic heterocycles. The van der Waals surface area contributed by atoms with Gasteiger partial charge in [-0.3, -0.25) is 0 Å². The van der Waals surface area contributed by atoms with Gasteiger partial charge >= 0.3 is 0 Å². The lowest BCUT2D eigenvalue weighted by Crippen LogP contribution is -2.12. The van der Waals surface area contributed by atoms with Gasteiger partial charge in [-0.2, -0.15) is 0 Å². The first-order chi connectivity index (χ1) is 8.56. The minimum atomic E-state index is -0.335. The van der Waals surface area contributed by atoms with E-state index in [1.54, 1.807) is 24.4 Å². The molecule has 18 heavy (non-hydrogen) atoms. The first kappa shape index (κ1) is 12.8. The van der Waals surface area contributed by atoms with Crippen molar-refractivity contribution in [2.24, 2.45) is 5.73 Å². The van der Waals surface area contributed by atoms with Crippen LogP contribution in [0.25, 0.3) is 0 Å². The molecule has 0 aliphatic heterocycles. The summed E-state index contributed by atoms with van der Waals surface area (Å²) in [6.45, 7) is 0. The van der Waals surface area contributed by atoms with Crippen LogP contribution >= 0.6 is 28.1 Å². The molecule has 0 radical (unpaired) electrons. The van der Waals surface area contributed by atoms with Crippen LogP contribution in [0.2, 0.25) is 0 Å². The molecule has 0 unspecified atom stereocenters. The Kier molecular flexibility index (Phi) is 3.83. The number of hydrogen-bond acceptors (Lipinski definition) is 4. The molecule has 4 nitrogen and oxygen atoms in total. The predicted molar refractivity (Wildman–Crippen MR) is 75.3 cm³/mol.